The maximum Gasteiger partial charge on any atom is 0.411 e. The molecule has 1 saturated heterocycles. The van der Waals surface area contributed by atoms with Gasteiger partial charge in [-0.2, -0.15) is 0 Å². The Hall–Kier alpha value is -2.77. The average molecular weight is 364 g/mol. The van der Waals surface area contributed by atoms with Gasteiger partial charge in [0.05, 0.1) is 6.04 Å². The van der Waals surface area contributed by atoms with Crippen LogP contribution in [0.25, 0.3) is 0 Å². The molecule has 142 valence electrons. The van der Waals surface area contributed by atoms with E-state index in [9.17, 15) is 19.5 Å². The fraction of sp³-hybridized carbons (Fsp3) is 0.500. The molecule has 8 nitrogen and oxygen atoms in total. The Bertz CT molecular complexity index is 655. The van der Waals surface area contributed by atoms with Crippen LogP contribution < -0.4 is 5.32 Å². The summed E-state index contributed by atoms with van der Waals surface area (Å²) in [6.07, 6.45) is -1.14. The number of alkyl carbamates (subject to hydrolysis) is 1. The Morgan fingerprint density at radius 2 is 1.88 bits per heavy atom. The molecule has 0 bridgehead atoms. The molecule has 0 radical (unpaired) electrons. The highest BCUT2D eigenvalue weighted by Crippen LogP contribution is 2.22. The van der Waals surface area contributed by atoms with E-state index in [1.165, 1.54) is 0 Å². The number of carboxylic acids is 1. The van der Waals surface area contributed by atoms with Crippen molar-refractivity contribution >= 4 is 18.2 Å². The van der Waals surface area contributed by atoms with Crippen molar-refractivity contribution < 1.29 is 29.0 Å². The van der Waals surface area contributed by atoms with E-state index in [0.717, 1.165) is 10.5 Å². The lowest BCUT2D eigenvalue weighted by Crippen LogP contribution is -2.52. The second-order valence-electron chi connectivity index (χ2n) is 7.06. The van der Waals surface area contributed by atoms with Crippen molar-refractivity contribution in [2.45, 2.75) is 51.5 Å². The fourth-order valence-corrected chi connectivity index (χ4v) is 2.69. The summed E-state index contributed by atoms with van der Waals surface area (Å²) in [6.45, 7) is 5.36. The van der Waals surface area contributed by atoms with Crippen molar-refractivity contribution in [3.63, 3.8) is 0 Å². The molecule has 1 aromatic carbocycles. The van der Waals surface area contributed by atoms with E-state index in [-0.39, 0.29) is 13.2 Å². The molecular weight excluding hydrogens is 340 g/mol. The summed E-state index contributed by atoms with van der Waals surface area (Å²) in [6, 6.07) is 7.18. The SMILES string of the molecule is CC(C)(C)OC(=O)N1CCC(NC(=O)OCc2ccccc2)C1C(=O)O. The van der Waals surface area contributed by atoms with Crippen molar-refractivity contribution in [3.05, 3.63) is 35.9 Å². The summed E-state index contributed by atoms with van der Waals surface area (Å²) in [4.78, 5) is 36.9. The summed E-state index contributed by atoms with van der Waals surface area (Å²) in [5.74, 6) is -1.21. The average Bonchev–Trinajstić information content (AvgIpc) is 2.96. The summed E-state index contributed by atoms with van der Waals surface area (Å²) in [5.41, 5.74) is 0.0829. The van der Waals surface area contributed by atoms with Crippen LogP contribution in [0.1, 0.15) is 32.8 Å². The van der Waals surface area contributed by atoms with Gasteiger partial charge in [-0.1, -0.05) is 30.3 Å². The number of hydrogen-bond donors (Lipinski definition) is 2. The second-order valence-corrected chi connectivity index (χ2v) is 7.06. The molecule has 2 rings (SSSR count). The predicted molar refractivity (Wildman–Crippen MR) is 92.5 cm³/mol. The number of amides is 2. The topological polar surface area (TPSA) is 105 Å². The Kier molecular flexibility index (Phi) is 6.07. The third-order valence-electron chi connectivity index (χ3n) is 3.79. The van der Waals surface area contributed by atoms with E-state index < -0.39 is 35.8 Å². The lowest BCUT2D eigenvalue weighted by Gasteiger charge is -2.28. The number of benzene rings is 1. The Morgan fingerprint density at radius 3 is 2.46 bits per heavy atom. The first-order chi connectivity index (χ1) is 12.2. The van der Waals surface area contributed by atoms with Crippen LogP contribution in [0, 0.1) is 0 Å². The van der Waals surface area contributed by atoms with Crippen LogP contribution in [-0.2, 0) is 20.9 Å². The highest BCUT2D eigenvalue weighted by Gasteiger charge is 2.44. The molecule has 1 aliphatic rings. The third kappa shape index (κ3) is 5.37. The number of nitrogens with zero attached hydrogens (tertiary/aromatic N) is 1. The van der Waals surface area contributed by atoms with E-state index >= 15 is 0 Å². The molecule has 2 amide bonds. The first-order valence-corrected chi connectivity index (χ1v) is 8.37. The van der Waals surface area contributed by atoms with Crippen molar-refractivity contribution in [1.82, 2.24) is 10.2 Å². The minimum Gasteiger partial charge on any atom is -0.480 e. The highest BCUT2D eigenvalue weighted by atomic mass is 16.6. The number of aliphatic carboxylic acids is 1. The van der Waals surface area contributed by atoms with Gasteiger partial charge in [0.2, 0.25) is 0 Å². The molecule has 0 aliphatic carbocycles. The van der Waals surface area contributed by atoms with E-state index in [0.29, 0.717) is 6.42 Å². The summed E-state index contributed by atoms with van der Waals surface area (Å²) in [7, 11) is 0. The van der Waals surface area contributed by atoms with Crippen molar-refractivity contribution in [3.8, 4) is 0 Å². The van der Waals surface area contributed by atoms with Crippen LogP contribution in [0.15, 0.2) is 30.3 Å². The zero-order valence-electron chi connectivity index (χ0n) is 15.1. The van der Waals surface area contributed by atoms with Gasteiger partial charge in [-0.15, -0.1) is 0 Å². The smallest absolute Gasteiger partial charge is 0.411 e. The van der Waals surface area contributed by atoms with E-state index in [2.05, 4.69) is 5.32 Å². The van der Waals surface area contributed by atoms with Gasteiger partial charge in [0.15, 0.2) is 6.04 Å². The number of nitrogens with one attached hydrogen (secondary N) is 1. The normalized spacial score (nSPS) is 19.7. The number of hydrogen-bond acceptors (Lipinski definition) is 5. The first-order valence-electron chi connectivity index (χ1n) is 8.37. The van der Waals surface area contributed by atoms with Gasteiger partial charge < -0.3 is 19.9 Å². The van der Waals surface area contributed by atoms with Gasteiger partial charge >= 0.3 is 18.2 Å². The maximum absolute atomic E-state index is 12.2. The highest BCUT2D eigenvalue weighted by molar-refractivity contribution is 5.82. The van der Waals surface area contributed by atoms with Crippen LogP contribution in [0.2, 0.25) is 0 Å². The summed E-state index contributed by atoms with van der Waals surface area (Å²) < 4.78 is 10.4. The van der Waals surface area contributed by atoms with Gasteiger partial charge in [-0.25, -0.2) is 14.4 Å². The van der Waals surface area contributed by atoms with Crippen LogP contribution in [0.5, 0.6) is 0 Å². The van der Waals surface area contributed by atoms with Crippen molar-refractivity contribution in [2.24, 2.45) is 0 Å². The number of carboxylic acid groups (broad SMARTS) is 1. The molecule has 26 heavy (non-hydrogen) atoms. The molecule has 2 atom stereocenters. The second kappa shape index (κ2) is 8.07. The largest absolute Gasteiger partial charge is 0.480 e. The molecule has 2 unspecified atom stereocenters. The minimum absolute atomic E-state index is 0.0763. The predicted octanol–water partition coefficient (Wildman–Crippen LogP) is 2.38. The number of rotatable bonds is 4. The van der Waals surface area contributed by atoms with Gasteiger partial charge in [-0.3, -0.25) is 4.90 Å². The summed E-state index contributed by atoms with van der Waals surface area (Å²) in [5, 5.41) is 12.0. The molecule has 1 aliphatic heterocycles. The van der Waals surface area contributed by atoms with Crippen LogP contribution >= 0.6 is 0 Å². The number of likely N-dealkylation sites (tertiary alicyclic amines) is 1. The van der Waals surface area contributed by atoms with Gasteiger partial charge in [0, 0.05) is 6.54 Å². The van der Waals surface area contributed by atoms with Gasteiger partial charge in [0.1, 0.15) is 12.2 Å². The maximum atomic E-state index is 12.2. The standard InChI is InChI=1S/C18H24N2O6/c1-18(2,3)26-17(24)20-10-9-13(14(20)15(21)22)19-16(23)25-11-12-7-5-4-6-8-12/h4-8,13-14H,9-11H2,1-3H3,(H,19,23)(H,21,22). The minimum atomic E-state index is -1.21. The van der Waals surface area contributed by atoms with Gasteiger partial charge in [0.25, 0.3) is 0 Å². The first kappa shape index (κ1) is 19.6. The Labute approximate surface area is 152 Å². The molecule has 0 spiro atoms. The van der Waals surface area contributed by atoms with Crippen LogP contribution in [-0.4, -0.2) is 52.4 Å². The van der Waals surface area contributed by atoms with E-state index in [1.54, 1.807) is 20.8 Å². The van der Waals surface area contributed by atoms with Crippen LogP contribution in [0.3, 0.4) is 0 Å². The van der Waals surface area contributed by atoms with E-state index in [1.807, 2.05) is 30.3 Å². The molecule has 0 aromatic heterocycles. The summed E-state index contributed by atoms with van der Waals surface area (Å²) >= 11 is 0. The van der Waals surface area contributed by atoms with Crippen LogP contribution in [0.4, 0.5) is 9.59 Å². The molecule has 1 fully saturated rings. The Balaban J connectivity index is 1.95. The van der Waals surface area contributed by atoms with Crippen molar-refractivity contribution in [2.75, 3.05) is 6.54 Å². The monoisotopic (exact) mass is 364 g/mol. The fourth-order valence-electron chi connectivity index (χ4n) is 2.69. The lowest BCUT2D eigenvalue weighted by atomic mass is 10.1. The molecule has 8 heteroatoms. The molecule has 1 aromatic rings. The van der Waals surface area contributed by atoms with E-state index in [4.69, 9.17) is 9.47 Å². The molecule has 0 saturated carbocycles. The Morgan fingerprint density at radius 1 is 1.23 bits per heavy atom. The quantitative estimate of drug-likeness (QED) is 0.850. The zero-order valence-corrected chi connectivity index (χ0v) is 15.1. The molecular formula is C18H24N2O6. The van der Waals surface area contributed by atoms with Gasteiger partial charge in [-0.05, 0) is 32.8 Å². The number of carbonyl (C=O) groups excluding carboxylic acids is 2. The lowest BCUT2D eigenvalue weighted by molar-refractivity contribution is -0.142. The zero-order chi connectivity index (χ0) is 19.3. The van der Waals surface area contributed by atoms with Crippen molar-refractivity contribution in [1.29, 1.82) is 0 Å². The third-order valence-corrected chi connectivity index (χ3v) is 3.79. The number of ether oxygens (including phenoxy) is 2. The number of carbonyl (C=O) groups is 3. The molecule has 1 heterocycles. The molecule has 2 N–H and O–H groups in total.